The molecule has 14 heavy (non-hydrogen) atoms. The molecule has 2 N–H and O–H groups in total. The molecule has 0 aliphatic carbocycles. The third-order valence-corrected chi connectivity index (χ3v) is 4.07. The van der Waals surface area contributed by atoms with Gasteiger partial charge in [0.2, 0.25) is 0 Å². The molecule has 1 rings (SSSR count). The first-order chi connectivity index (χ1) is 6.60. The van der Waals surface area contributed by atoms with Crippen LogP contribution in [0.15, 0.2) is 0 Å². The van der Waals surface area contributed by atoms with Crippen LogP contribution in [0.2, 0.25) is 0 Å². The molecule has 6 heteroatoms. The lowest BCUT2D eigenvalue weighted by Crippen LogP contribution is -2.46. The van der Waals surface area contributed by atoms with E-state index in [9.17, 15) is 8.42 Å². The van der Waals surface area contributed by atoms with E-state index < -0.39 is 10.2 Å². The molecule has 0 aromatic carbocycles. The Bertz CT molecular complexity index is 266. The largest absolute Gasteiger partial charge is 0.396 e. The fraction of sp³-hybridized carbons (Fsp3) is 1.00. The number of aliphatic hydroxyl groups excluding tert-OH is 1. The summed E-state index contributed by atoms with van der Waals surface area (Å²) in [6.45, 7) is 3.23. The monoisotopic (exact) mass is 222 g/mol. The maximum absolute atomic E-state index is 11.6. The van der Waals surface area contributed by atoms with Gasteiger partial charge in [-0.05, 0) is 18.8 Å². The average Bonchev–Trinajstić information content (AvgIpc) is 2.18. The van der Waals surface area contributed by atoms with Crippen LogP contribution in [0.4, 0.5) is 0 Å². The predicted molar refractivity (Wildman–Crippen MR) is 54.0 cm³/mol. The highest BCUT2D eigenvalue weighted by molar-refractivity contribution is 7.87. The molecule has 1 atom stereocenters. The quantitative estimate of drug-likeness (QED) is 0.676. The highest BCUT2D eigenvalue weighted by atomic mass is 32.2. The highest BCUT2D eigenvalue weighted by Gasteiger charge is 2.27. The van der Waals surface area contributed by atoms with Gasteiger partial charge in [0.15, 0.2) is 0 Å². The van der Waals surface area contributed by atoms with Crippen LogP contribution in [0.1, 0.15) is 19.8 Å². The van der Waals surface area contributed by atoms with Crippen molar-refractivity contribution in [2.24, 2.45) is 5.92 Å². The lowest BCUT2D eigenvalue weighted by molar-refractivity contribution is 0.165. The second kappa shape index (κ2) is 5.06. The van der Waals surface area contributed by atoms with E-state index in [0.29, 0.717) is 19.6 Å². The van der Waals surface area contributed by atoms with Crippen molar-refractivity contribution in [3.8, 4) is 0 Å². The van der Waals surface area contributed by atoms with Crippen LogP contribution >= 0.6 is 0 Å². The summed E-state index contributed by atoms with van der Waals surface area (Å²) in [5, 5.41) is 8.96. The zero-order valence-corrected chi connectivity index (χ0v) is 9.26. The van der Waals surface area contributed by atoms with Gasteiger partial charge in [0.1, 0.15) is 0 Å². The van der Waals surface area contributed by atoms with Crippen molar-refractivity contribution >= 4 is 10.2 Å². The van der Waals surface area contributed by atoms with Gasteiger partial charge in [-0.15, -0.1) is 0 Å². The van der Waals surface area contributed by atoms with Crippen molar-refractivity contribution in [1.29, 1.82) is 0 Å². The fourth-order valence-electron chi connectivity index (χ4n) is 1.67. The first kappa shape index (κ1) is 11.9. The number of piperidine rings is 1. The van der Waals surface area contributed by atoms with Gasteiger partial charge in [0, 0.05) is 26.2 Å². The zero-order chi connectivity index (χ0) is 10.6. The van der Waals surface area contributed by atoms with Gasteiger partial charge in [-0.3, -0.25) is 0 Å². The number of rotatable bonds is 4. The van der Waals surface area contributed by atoms with Gasteiger partial charge in [0.05, 0.1) is 0 Å². The fourth-order valence-corrected chi connectivity index (χ4v) is 2.99. The lowest BCUT2D eigenvalue weighted by atomic mass is 10.0. The summed E-state index contributed by atoms with van der Waals surface area (Å²) in [7, 11) is -3.30. The van der Waals surface area contributed by atoms with Crippen molar-refractivity contribution in [2.45, 2.75) is 19.8 Å². The van der Waals surface area contributed by atoms with Crippen LogP contribution in [0.5, 0.6) is 0 Å². The first-order valence-corrected chi connectivity index (χ1v) is 6.39. The molecule has 1 aliphatic rings. The molecule has 0 radical (unpaired) electrons. The van der Waals surface area contributed by atoms with Crippen LogP contribution in [-0.2, 0) is 10.2 Å². The molecule has 0 saturated carbocycles. The van der Waals surface area contributed by atoms with Crippen LogP contribution in [-0.4, -0.2) is 44.1 Å². The number of aliphatic hydroxyl groups is 1. The van der Waals surface area contributed by atoms with Crippen molar-refractivity contribution in [3.05, 3.63) is 0 Å². The number of nitrogens with one attached hydrogen (secondary N) is 1. The second-order valence-corrected chi connectivity index (χ2v) is 5.31. The molecule has 1 aliphatic heterocycles. The molecule has 0 aromatic rings. The van der Waals surface area contributed by atoms with Gasteiger partial charge in [-0.2, -0.15) is 12.7 Å². The predicted octanol–water partition coefficient (Wildman–Crippen LogP) is -0.455. The lowest BCUT2D eigenvalue weighted by Gasteiger charge is -2.30. The van der Waals surface area contributed by atoms with Gasteiger partial charge in [-0.25, -0.2) is 4.72 Å². The summed E-state index contributed by atoms with van der Waals surface area (Å²) in [6, 6.07) is 0. The van der Waals surface area contributed by atoms with Crippen molar-refractivity contribution in [1.82, 2.24) is 9.03 Å². The minimum Gasteiger partial charge on any atom is -0.396 e. The minimum atomic E-state index is -3.30. The molecule has 0 amide bonds. The topological polar surface area (TPSA) is 69.6 Å². The van der Waals surface area contributed by atoms with Crippen molar-refractivity contribution in [2.75, 3.05) is 26.2 Å². The van der Waals surface area contributed by atoms with Gasteiger partial charge in [-0.1, -0.05) is 6.92 Å². The molecule has 1 fully saturated rings. The Kier molecular flexibility index (Phi) is 4.31. The first-order valence-electron chi connectivity index (χ1n) is 4.95. The Balaban J connectivity index is 2.59. The van der Waals surface area contributed by atoms with Crippen LogP contribution in [0.25, 0.3) is 0 Å². The maximum atomic E-state index is 11.6. The Labute approximate surface area is 85.3 Å². The Morgan fingerprint density at radius 1 is 1.57 bits per heavy atom. The third-order valence-electron chi connectivity index (χ3n) is 2.41. The van der Waals surface area contributed by atoms with Gasteiger partial charge >= 0.3 is 0 Å². The van der Waals surface area contributed by atoms with Crippen LogP contribution < -0.4 is 4.72 Å². The van der Waals surface area contributed by atoms with Crippen molar-refractivity contribution < 1.29 is 13.5 Å². The average molecular weight is 222 g/mol. The number of hydrogen-bond acceptors (Lipinski definition) is 3. The normalized spacial score (nSPS) is 25.1. The molecule has 1 unspecified atom stereocenters. The summed E-state index contributed by atoms with van der Waals surface area (Å²) in [4.78, 5) is 0. The third kappa shape index (κ3) is 2.91. The van der Waals surface area contributed by atoms with Gasteiger partial charge in [0.25, 0.3) is 10.2 Å². The van der Waals surface area contributed by atoms with Crippen LogP contribution in [0.3, 0.4) is 0 Å². The molecule has 0 aromatic heterocycles. The molecule has 1 saturated heterocycles. The molecular formula is C8H18N2O3S. The summed E-state index contributed by atoms with van der Waals surface area (Å²) >= 11 is 0. The van der Waals surface area contributed by atoms with E-state index in [1.54, 1.807) is 6.92 Å². The van der Waals surface area contributed by atoms with Crippen LogP contribution in [0, 0.1) is 5.92 Å². The Morgan fingerprint density at radius 2 is 2.29 bits per heavy atom. The maximum Gasteiger partial charge on any atom is 0.279 e. The summed E-state index contributed by atoms with van der Waals surface area (Å²) in [5.41, 5.74) is 0. The SMILES string of the molecule is CCNS(=O)(=O)N1CCCC(CO)C1. The van der Waals surface area contributed by atoms with E-state index >= 15 is 0 Å². The Hall–Kier alpha value is -0.170. The van der Waals surface area contributed by atoms with E-state index in [1.165, 1.54) is 4.31 Å². The standard InChI is InChI=1S/C8H18N2O3S/c1-2-9-14(12,13)10-5-3-4-8(6-10)7-11/h8-9,11H,2-7H2,1H3. The molecular weight excluding hydrogens is 204 g/mol. The smallest absolute Gasteiger partial charge is 0.279 e. The van der Waals surface area contributed by atoms with E-state index in [1.807, 2.05) is 0 Å². The second-order valence-electron chi connectivity index (χ2n) is 3.55. The molecule has 5 nitrogen and oxygen atoms in total. The summed E-state index contributed by atoms with van der Waals surface area (Å²) in [5.74, 6) is 0.0946. The van der Waals surface area contributed by atoms with Gasteiger partial charge < -0.3 is 5.11 Å². The van der Waals surface area contributed by atoms with E-state index in [-0.39, 0.29) is 12.5 Å². The summed E-state index contributed by atoms with van der Waals surface area (Å²) in [6.07, 6.45) is 1.74. The van der Waals surface area contributed by atoms with Crippen molar-refractivity contribution in [3.63, 3.8) is 0 Å². The Morgan fingerprint density at radius 3 is 2.86 bits per heavy atom. The summed E-state index contributed by atoms with van der Waals surface area (Å²) < 4.78 is 27.0. The molecule has 1 heterocycles. The molecule has 0 spiro atoms. The minimum absolute atomic E-state index is 0.0676. The highest BCUT2D eigenvalue weighted by Crippen LogP contribution is 2.17. The molecule has 0 bridgehead atoms. The van der Waals surface area contributed by atoms with E-state index in [2.05, 4.69) is 4.72 Å². The molecule has 84 valence electrons. The van der Waals surface area contributed by atoms with E-state index in [0.717, 1.165) is 12.8 Å². The number of nitrogens with zero attached hydrogens (tertiary/aromatic N) is 1. The zero-order valence-electron chi connectivity index (χ0n) is 8.44. The number of hydrogen-bond donors (Lipinski definition) is 2. The van der Waals surface area contributed by atoms with E-state index in [4.69, 9.17) is 5.11 Å².